The summed E-state index contributed by atoms with van der Waals surface area (Å²) in [6, 6.07) is 0.113. The first kappa shape index (κ1) is 36.6. The van der Waals surface area contributed by atoms with Gasteiger partial charge in [-0.15, -0.1) is 0 Å². The van der Waals surface area contributed by atoms with E-state index in [-0.39, 0.29) is 43.9 Å². The number of likely N-dealkylation sites (N-methyl/N-ethyl adjacent to an activating group) is 1. The molecule has 0 aliphatic carbocycles. The molecule has 0 aromatic rings. The summed E-state index contributed by atoms with van der Waals surface area (Å²) in [5.74, 6) is -0.631. The molecule has 0 spiro atoms. The van der Waals surface area contributed by atoms with Crippen molar-refractivity contribution in [3.05, 3.63) is 6.92 Å². The first-order valence-electron chi connectivity index (χ1n) is 16.4. The summed E-state index contributed by atoms with van der Waals surface area (Å²) in [6.45, 7) is 15.0. The van der Waals surface area contributed by atoms with Gasteiger partial charge in [-0.25, -0.2) is 4.79 Å². The summed E-state index contributed by atoms with van der Waals surface area (Å²) >= 11 is 0. The highest BCUT2D eigenvalue weighted by Crippen LogP contribution is 2.13. The fourth-order valence-corrected chi connectivity index (χ4v) is 4.84. The molecule has 1 fully saturated rings. The number of piperidine rings is 1. The number of hydrogen-bond donors (Lipinski definition) is 1. The molecule has 2 atom stereocenters. The number of carbonyl (C=O) groups excluding carboxylic acids is 2. The summed E-state index contributed by atoms with van der Waals surface area (Å²) < 4.78 is 22.7. The Labute approximate surface area is 245 Å². The number of alkyl carbamates (subject to hydrolysis) is 1. The molecule has 2 unspecified atom stereocenters. The van der Waals surface area contributed by atoms with Crippen molar-refractivity contribution >= 4 is 12.1 Å². The second-order valence-electron chi connectivity index (χ2n) is 11.3. The maximum absolute atomic E-state index is 12.4. The van der Waals surface area contributed by atoms with Crippen LogP contribution in [0, 0.1) is 12.8 Å². The average Bonchev–Trinajstić information content (AvgIpc) is 2.96. The van der Waals surface area contributed by atoms with Gasteiger partial charge >= 0.3 is 12.1 Å². The standard InChI is InChI=1S/C32H61N2O6/c1-5-8-10-12-14-16-23-37-31(38-24-17-15-13-11-9-6-2)21-20-30(35)39-26-28(4)27-40-32(36)33-29-19-18-22-34(7-3)25-29/h28-29,31H,4-27H2,1-3H3,(H,33,36). The zero-order valence-electron chi connectivity index (χ0n) is 26.1. The van der Waals surface area contributed by atoms with Gasteiger partial charge in [-0.3, -0.25) is 4.79 Å². The fraction of sp³-hybridized carbons (Fsp3) is 0.906. The normalized spacial score (nSPS) is 16.7. The highest BCUT2D eigenvalue weighted by Gasteiger charge is 2.21. The number of esters is 1. The number of unbranched alkanes of at least 4 members (excludes halogenated alkanes) is 10. The number of carbonyl (C=O) groups is 2. The van der Waals surface area contributed by atoms with Crippen LogP contribution in [0.1, 0.15) is 124 Å². The summed E-state index contributed by atoms with van der Waals surface area (Å²) in [5.41, 5.74) is 0. The third-order valence-corrected chi connectivity index (χ3v) is 7.39. The molecule has 1 aliphatic heterocycles. The topological polar surface area (TPSA) is 86.3 Å². The molecule has 235 valence electrons. The third kappa shape index (κ3) is 20.5. The molecule has 0 bridgehead atoms. The van der Waals surface area contributed by atoms with Crippen LogP contribution >= 0.6 is 0 Å². The number of likely N-dealkylation sites (tertiary alicyclic amines) is 1. The highest BCUT2D eigenvalue weighted by molar-refractivity contribution is 5.69. The van der Waals surface area contributed by atoms with Crippen LogP contribution in [0.15, 0.2) is 0 Å². The Morgan fingerprint density at radius 2 is 1.43 bits per heavy atom. The second kappa shape index (κ2) is 25.3. The van der Waals surface area contributed by atoms with Crippen LogP contribution in [0.3, 0.4) is 0 Å². The molecule has 1 amide bonds. The lowest BCUT2D eigenvalue weighted by atomic mass is 10.1. The Bertz CT molecular complexity index is 602. The lowest BCUT2D eigenvalue weighted by Gasteiger charge is -2.32. The first-order valence-corrected chi connectivity index (χ1v) is 16.4. The summed E-state index contributed by atoms with van der Waals surface area (Å²) in [5, 5.41) is 2.94. The van der Waals surface area contributed by atoms with Gasteiger partial charge in [0.25, 0.3) is 0 Å². The number of rotatable bonds is 25. The van der Waals surface area contributed by atoms with Gasteiger partial charge in [0, 0.05) is 38.1 Å². The van der Waals surface area contributed by atoms with Crippen molar-refractivity contribution in [3.8, 4) is 0 Å². The van der Waals surface area contributed by atoms with Crippen molar-refractivity contribution in [2.75, 3.05) is 46.1 Å². The SMILES string of the molecule is [CH2]C(COC(=O)CCC(OCCCCCCCC)OCCCCCCCC)COC(=O)NC1CCCN(CC)C1. The first-order chi connectivity index (χ1) is 19.5. The smallest absolute Gasteiger partial charge is 0.407 e. The number of hydrogen-bond acceptors (Lipinski definition) is 7. The lowest BCUT2D eigenvalue weighted by molar-refractivity contribution is -0.160. The average molecular weight is 570 g/mol. The number of nitrogens with one attached hydrogen (secondary N) is 1. The van der Waals surface area contributed by atoms with Gasteiger partial charge in [-0.05, 0) is 45.7 Å². The Hall–Kier alpha value is -1.38. The van der Waals surface area contributed by atoms with Gasteiger partial charge in [0.2, 0.25) is 0 Å². The Balaban J connectivity index is 2.25. The van der Waals surface area contributed by atoms with Gasteiger partial charge in [0.1, 0.15) is 0 Å². The number of ether oxygens (including phenoxy) is 4. The molecular weight excluding hydrogens is 508 g/mol. The predicted octanol–water partition coefficient (Wildman–Crippen LogP) is 7.05. The third-order valence-electron chi connectivity index (χ3n) is 7.39. The molecule has 0 saturated carbocycles. The molecule has 1 radical (unpaired) electrons. The molecule has 1 rings (SSSR count). The van der Waals surface area contributed by atoms with Gasteiger partial charge < -0.3 is 29.2 Å². The molecule has 8 heteroatoms. The van der Waals surface area contributed by atoms with E-state index < -0.39 is 6.09 Å². The van der Waals surface area contributed by atoms with Gasteiger partial charge in [0.05, 0.1) is 19.6 Å². The van der Waals surface area contributed by atoms with E-state index in [1.807, 2.05) is 0 Å². The minimum atomic E-state index is -0.434. The largest absolute Gasteiger partial charge is 0.465 e. The number of nitrogens with zero attached hydrogens (tertiary/aromatic N) is 1. The zero-order chi connectivity index (χ0) is 29.3. The van der Waals surface area contributed by atoms with Crippen LogP contribution < -0.4 is 5.32 Å². The maximum atomic E-state index is 12.4. The van der Waals surface area contributed by atoms with Crippen molar-refractivity contribution < 1.29 is 28.5 Å². The Kier molecular flexibility index (Phi) is 23.2. The van der Waals surface area contributed by atoms with Crippen molar-refractivity contribution in [2.45, 2.75) is 136 Å². The minimum Gasteiger partial charge on any atom is -0.465 e. The van der Waals surface area contributed by atoms with Crippen molar-refractivity contribution in [3.63, 3.8) is 0 Å². The van der Waals surface area contributed by atoms with Gasteiger partial charge in [-0.2, -0.15) is 0 Å². The quantitative estimate of drug-likeness (QED) is 0.0716. The second-order valence-corrected chi connectivity index (χ2v) is 11.3. The maximum Gasteiger partial charge on any atom is 0.407 e. The van der Waals surface area contributed by atoms with Gasteiger partial charge in [-0.1, -0.05) is 85.0 Å². The lowest BCUT2D eigenvalue weighted by Crippen LogP contribution is -2.47. The van der Waals surface area contributed by atoms with E-state index >= 15 is 0 Å². The monoisotopic (exact) mass is 569 g/mol. The minimum absolute atomic E-state index is 0.106. The van der Waals surface area contributed by atoms with Crippen LogP contribution in [0.25, 0.3) is 0 Å². The Morgan fingerprint density at radius 3 is 2.02 bits per heavy atom. The molecule has 0 aromatic carbocycles. The van der Waals surface area contributed by atoms with E-state index in [1.54, 1.807) is 0 Å². The van der Waals surface area contributed by atoms with Crippen LogP contribution in [0.5, 0.6) is 0 Å². The van der Waals surface area contributed by atoms with E-state index in [4.69, 9.17) is 18.9 Å². The molecule has 1 saturated heterocycles. The van der Waals surface area contributed by atoms with E-state index in [0.29, 0.717) is 19.6 Å². The predicted molar refractivity (Wildman–Crippen MR) is 161 cm³/mol. The Morgan fingerprint density at radius 1 is 0.850 bits per heavy atom. The van der Waals surface area contributed by atoms with Crippen molar-refractivity contribution in [1.82, 2.24) is 10.2 Å². The number of amides is 1. The summed E-state index contributed by atoms with van der Waals surface area (Å²) in [7, 11) is 0. The van der Waals surface area contributed by atoms with E-state index in [2.05, 4.69) is 37.9 Å². The van der Waals surface area contributed by atoms with Gasteiger partial charge in [0.15, 0.2) is 6.29 Å². The molecule has 1 N–H and O–H groups in total. The molecule has 40 heavy (non-hydrogen) atoms. The summed E-state index contributed by atoms with van der Waals surface area (Å²) in [6.07, 6.45) is 16.4. The van der Waals surface area contributed by atoms with Crippen molar-refractivity contribution in [2.24, 2.45) is 5.92 Å². The van der Waals surface area contributed by atoms with E-state index in [0.717, 1.165) is 58.2 Å². The van der Waals surface area contributed by atoms with Crippen LogP contribution in [0.4, 0.5) is 4.79 Å². The zero-order valence-corrected chi connectivity index (χ0v) is 26.1. The van der Waals surface area contributed by atoms with Crippen LogP contribution in [-0.2, 0) is 23.7 Å². The fourth-order valence-electron chi connectivity index (χ4n) is 4.84. The highest BCUT2D eigenvalue weighted by atomic mass is 16.7. The summed E-state index contributed by atoms with van der Waals surface area (Å²) in [4.78, 5) is 26.9. The molecule has 1 aliphatic rings. The van der Waals surface area contributed by atoms with Crippen LogP contribution in [0.2, 0.25) is 0 Å². The molecule has 0 aromatic heterocycles. The van der Waals surface area contributed by atoms with Crippen LogP contribution in [-0.4, -0.2) is 75.4 Å². The molecule has 1 heterocycles. The molecule has 8 nitrogen and oxygen atoms in total. The molecular formula is C32H61N2O6. The van der Waals surface area contributed by atoms with E-state index in [1.165, 1.54) is 51.4 Å². The van der Waals surface area contributed by atoms with Crippen molar-refractivity contribution in [1.29, 1.82) is 0 Å². The van der Waals surface area contributed by atoms with E-state index in [9.17, 15) is 9.59 Å².